The fourth-order valence-electron chi connectivity index (χ4n) is 5.70. The van der Waals surface area contributed by atoms with E-state index in [1.807, 2.05) is 6.07 Å². The van der Waals surface area contributed by atoms with E-state index in [4.69, 9.17) is 14.5 Å². The van der Waals surface area contributed by atoms with Crippen molar-refractivity contribution >= 4 is 29.6 Å². The molecule has 0 bridgehead atoms. The van der Waals surface area contributed by atoms with E-state index < -0.39 is 14.4 Å². The van der Waals surface area contributed by atoms with Crippen molar-refractivity contribution in [1.82, 2.24) is 4.98 Å². The number of halogens is 1. The molecule has 6 heteroatoms. The Hall–Kier alpha value is -2.38. The Balaban J connectivity index is 1.36. The van der Waals surface area contributed by atoms with Gasteiger partial charge in [0.2, 0.25) is 0 Å². The lowest BCUT2D eigenvalue weighted by Gasteiger charge is -2.25. The van der Waals surface area contributed by atoms with Gasteiger partial charge in [-0.3, -0.25) is 0 Å². The highest BCUT2D eigenvalue weighted by molar-refractivity contribution is 7.21. The summed E-state index contributed by atoms with van der Waals surface area (Å²) < 4.78 is 27.5. The molecule has 35 heavy (non-hydrogen) atoms. The summed E-state index contributed by atoms with van der Waals surface area (Å²) in [6, 6.07) is 22.8. The van der Waals surface area contributed by atoms with Crippen LogP contribution in [0.25, 0.3) is 20.8 Å². The van der Waals surface area contributed by atoms with Crippen LogP contribution in [0.5, 0.6) is 0 Å². The topological polar surface area (TPSA) is 31.4 Å². The zero-order valence-corrected chi connectivity index (χ0v) is 22.2. The predicted octanol–water partition coefficient (Wildman–Crippen LogP) is 7.94. The largest absolute Gasteiger partial charge is 0.348 e. The van der Waals surface area contributed by atoms with Gasteiger partial charge in [-0.1, -0.05) is 62.1 Å². The number of aromatic nitrogens is 1. The Kier molecular flexibility index (Phi) is 5.68. The molecule has 2 heterocycles. The van der Waals surface area contributed by atoms with Crippen molar-refractivity contribution in [2.24, 2.45) is 0 Å². The molecule has 180 valence electrons. The van der Waals surface area contributed by atoms with Crippen LogP contribution in [0.4, 0.5) is 4.39 Å². The van der Waals surface area contributed by atoms with Gasteiger partial charge in [-0.2, -0.15) is 0 Å². The van der Waals surface area contributed by atoms with Gasteiger partial charge in [0.1, 0.15) is 10.8 Å². The maximum absolute atomic E-state index is 15.2. The fraction of sp³-hybridized carbons (Fsp3) is 0.345. The zero-order chi connectivity index (χ0) is 24.2. The van der Waals surface area contributed by atoms with Crippen molar-refractivity contribution < 1.29 is 13.9 Å². The molecule has 1 aliphatic carbocycles. The Morgan fingerprint density at radius 1 is 0.943 bits per heavy atom. The van der Waals surface area contributed by atoms with E-state index in [9.17, 15) is 0 Å². The molecule has 2 atom stereocenters. The van der Waals surface area contributed by atoms with Crippen LogP contribution in [0.3, 0.4) is 0 Å². The van der Waals surface area contributed by atoms with Crippen LogP contribution < -0.4 is 0 Å². The minimum atomic E-state index is -1.35. The summed E-state index contributed by atoms with van der Waals surface area (Å²) in [5, 5.41) is 0.706. The van der Waals surface area contributed by atoms with Gasteiger partial charge >= 0.3 is 0 Å². The third kappa shape index (κ3) is 4.06. The Morgan fingerprint density at radius 2 is 1.71 bits per heavy atom. The van der Waals surface area contributed by atoms with E-state index in [1.54, 1.807) is 17.4 Å². The molecule has 1 aromatic heterocycles. The first kappa shape index (κ1) is 23.0. The maximum Gasteiger partial charge on any atom is 0.183 e. The maximum atomic E-state index is 15.2. The molecule has 3 nitrogen and oxygen atoms in total. The highest BCUT2D eigenvalue weighted by Crippen LogP contribution is 2.67. The molecular weight excluding hydrogens is 473 g/mol. The molecule has 0 radical (unpaired) electrons. The first-order valence-electron chi connectivity index (χ1n) is 12.4. The lowest BCUT2D eigenvalue weighted by atomic mass is 9.88. The Labute approximate surface area is 210 Å². The van der Waals surface area contributed by atoms with Gasteiger partial charge in [0, 0.05) is 24.6 Å². The van der Waals surface area contributed by atoms with Gasteiger partial charge in [-0.25, -0.2) is 9.37 Å². The van der Waals surface area contributed by atoms with Crippen molar-refractivity contribution in [3.8, 4) is 10.6 Å². The summed E-state index contributed by atoms with van der Waals surface area (Å²) >= 11 is 1.57. The van der Waals surface area contributed by atoms with Crippen LogP contribution in [0.15, 0.2) is 66.7 Å². The van der Waals surface area contributed by atoms with Gasteiger partial charge < -0.3 is 9.47 Å². The summed E-state index contributed by atoms with van der Waals surface area (Å²) in [5.74, 6) is -0.290. The summed E-state index contributed by atoms with van der Waals surface area (Å²) in [7, 11) is -1.35. The Bertz CT molecular complexity index is 1380. The second-order valence-electron chi connectivity index (χ2n) is 10.8. The molecule has 0 N–H and O–H groups in total. The van der Waals surface area contributed by atoms with E-state index in [0.717, 1.165) is 16.6 Å². The van der Waals surface area contributed by atoms with Crippen LogP contribution in [0, 0.1) is 5.82 Å². The van der Waals surface area contributed by atoms with E-state index >= 15 is 4.39 Å². The lowest BCUT2D eigenvalue weighted by Crippen LogP contribution is -2.26. The van der Waals surface area contributed by atoms with Gasteiger partial charge in [0.05, 0.1) is 23.4 Å². The molecule has 4 aromatic rings. The van der Waals surface area contributed by atoms with E-state index in [2.05, 4.69) is 68.2 Å². The first-order valence-corrected chi connectivity index (χ1v) is 16.8. The molecule has 0 spiro atoms. The molecule has 3 aromatic carbocycles. The van der Waals surface area contributed by atoms with Crippen molar-refractivity contribution in [1.29, 1.82) is 0 Å². The number of thiazole rings is 1. The average Bonchev–Trinajstić information content (AvgIpc) is 3.52. The quantitative estimate of drug-likeness (QED) is 0.259. The lowest BCUT2D eigenvalue weighted by molar-refractivity contribution is -0.183. The standard InChI is InChI=1S/C29H30FNO2SSi/c1-35(2,3)26-18-29(26,20-8-5-4-6-9-20)21-11-13-24-25(17-21)34-27(31-24)22-12-10-19(16-23(22)30)28-32-14-7-15-33-28/h4-6,8-13,16-17,26,28H,7,14-15,18H2,1-3H3. The van der Waals surface area contributed by atoms with Gasteiger partial charge in [0.25, 0.3) is 0 Å². The summed E-state index contributed by atoms with van der Waals surface area (Å²) in [6.07, 6.45) is 1.58. The van der Waals surface area contributed by atoms with Gasteiger partial charge in [-0.15, -0.1) is 11.3 Å². The van der Waals surface area contributed by atoms with Crippen molar-refractivity contribution in [3.05, 3.63) is 89.2 Å². The molecule has 1 aliphatic heterocycles. The van der Waals surface area contributed by atoms with Crippen LogP contribution in [0.2, 0.25) is 25.2 Å². The Morgan fingerprint density at radius 3 is 2.40 bits per heavy atom. The summed E-state index contributed by atoms with van der Waals surface area (Å²) in [4.78, 5) is 4.79. The summed E-state index contributed by atoms with van der Waals surface area (Å²) in [5.41, 5.74) is 5.71. The smallest absolute Gasteiger partial charge is 0.183 e. The van der Waals surface area contributed by atoms with Crippen LogP contribution in [-0.2, 0) is 14.9 Å². The second kappa shape index (κ2) is 8.63. The predicted molar refractivity (Wildman–Crippen MR) is 143 cm³/mol. The third-order valence-corrected chi connectivity index (χ3v) is 11.4. The average molecular weight is 504 g/mol. The minimum Gasteiger partial charge on any atom is -0.348 e. The van der Waals surface area contributed by atoms with Crippen molar-refractivity contribution in [2.75, 3.05) is 13.2 Å². The SMILES string of the molecule is C[Si](C)(C)C1CC1(c1ccccc1)c1ccc2nc(-c3ccc(C4OCCCO4)cc3F)sc2c1. The molecule has 1 saturated heterocycles. The first-order chi connectivity index (χ1) is 16.9. The molecule has 1 saturated carbocycles. The molecule has 2 fully saturated rings. The van der Waals surface area contributed by atoms with Crippen LogP contribution in [0.1, 0.15) is 35.8 Å². The number of hydrogen-bond donors (Lipinski definition) is 0. The number of hydrogen-bond acceptors (Lipinski definition) is 4. The molecule has 2 unspecified atom stereocenters. The van der Waals surface area contributed by atoms with Crippen molar-refractivity contribution in [3.63, 3.8) is 0 Å². The number of fused-ring (bicyclic) bond motifs is 1. The van der Waals surface area contributed by atoms with Crippen LogP contribution >= 0.6 is 11.3 Å². The number of benzene rings is 3. The van der Waals surface area contributed by atoms with E-state index in [-0.39, 0.29) is 11.2 Å². The van der Waals surface area contributed by atoms with Crippen LogP contribution in [-0.4, -0.2) is 26.3 Å². The third-order valence-electron chi connectivity index (χ3n) is 7.52. The highest BCUT2D eigenvalue weighted by Gasteiger charge is 2.61. The van der Waals surface area contributed by atoms with Crippen molar-refractivity contribution in [2.45, 2.75) is 49.7 Å². The summed E-state index contributed by atoms with van der Waals surface area (Å²) in [6.45, 7) is 8.69. The molecular formula is C29H30FNO2SSi. The van der Waals surface area contributed by atoms with Gasteiger partial charge in [-0.05, 0) is 53.8 Å². The molecule has 6 rings (SSSR count). The van der Waals surface area contributed by atoms with E-state index in [1.165, 1.54) is 23.6 Å². The minimum absolute atomic E-state index is 0.0803. The molecule has 2 aliphatic rings. The van der Waals surface area contributed by atoms with E-state index in [0.29, 0.717) is 34.9 Å². The zero-order valence-electron chi connectivity index (χ0n) is 20.4. The second-order valence-corrected chi connectivity index (χ2v) is 17.3. The number of rotatable bonds is 5. The molecule has 0 amide bonds. The highest BCUT2D eigenvalue weighted by atomic mass is 32.1. The normalized spacial score (nSPS) is 23.0. The number of nitrogens with zero attached hydrogens (tertiary/aromatic N) is 1. The monoisotopic (exact) mass is 503 g/mol. The van der Waals surface area contributed by atoms with Gasteiger partial charge in [0.15, 0.2) is 6.29 Å². The number of ether oxygens (including phenoxy) is 2. The fourth-order valence-corrected chi connectivity index (χ4v) is 9.48.